The Morgan fingerprint density at radius 1 is 1.19 bits per heavy atom. The molecular weight excluding hydrogens is 350 g/mol. The Bertz CT molecular complexity index is 628. The third kappa shape index (κ3) is 4.76. The van der Waals surface area contributed by atoms with Gasteiger partial charge in [0.2, 0.25) is 5.96 Å². The van der Waals surface area contributed by atoms with Crippen molar-refractivity contribution in [2.24, 2.45) is 10.7 Å². The number of nitrogens with zero attached hydrogens (tertiary/aromatic N) is 2. The molecule has 0 atom stereocenters. The summed E-state index contributed by atoms with van der Waals surface area (Å²) in [6.07, 6.45) is 1.00. The number of hydrogen-bond donors (Lipinski definition) is 1. The Morgan fingerprint density at radius 3 is 2.57 bits per heavy atom. The standard InChI is InChI=1S/C16H18BrN3.ClH/c1-3-12-6-4-9-15(10-12)20(2)16(18)19-14-8-5-7-13(17)11-14;/h4-11H,3H2,1-2H3,(H2,18,19);1H. The molecule has 112 valence electrons. The zero-order valence-corrected chi connectivity index (χ0v) is 14.5. The molecule has 0 aliphatic heterocycles. The van der Waals surface area contributed by atoms with Gasteiger partial charge in [0.05, 0.1) is 5.69 Å². The maximum Gasteiger partial charge on any atom is 0.200 e. The summed E-state index contributed by atoms with van der Waals surface area (Å²) in [6, 6.07) is 16.1. The van der Waals surface area contributed by atoms with Crippen molar-refractivity contribution in [2.45, 2.75) is 13.3 Å². The lowest BCUT2D eigenvalue weighted by Crippen LogP contribution is -2.33. The van der Waals surface area contributed by atoms with E-state index in [-0.39, 0.29) is 12.4 Å². The molecule has 0 aliphatic carbocycles. The predicted molar refractivity (Wildman–Crippen MR) is 96.9 cm³/mol. The van der Waals surface area contributed by atoms with Crippen molar-refractivity contribution in [3.8, 4) is 0 Å². The Hall–Kier alpha value is -1.52. The first-order chi connectivity index (χ1) is 9.60. The lowest BCUT2D eigenvalue weighted by Gasteiger charge is -2.18. The molecule has 0 heterocycles. The molecule has 21 heavy (non-hydrogen) atoms. The van der Waals surface area contributed by atoms with E-state index in [1.165, 1.54) is 5.56 Å². The zero-order valence-electron chi connectivity index (χ0n) is 12.1. The molecule has 2 rings (SSSR count). The Balaban J connectivity index is 0.00000220. The normalized spacial score (nSPS) is 10.9. The molecule has 2 aromatic rings. The fourth-order valence-electron chi connectivity index (χ4n) is 1.87. The van der Waals surface area contributed by atoms with Crippen molar-refractivity contribution in [3.05, 3.63) is 58.6 Å². The predicted octanol–water partition coefficient (Wildman–Crippen LogP) is 4.52. The summed E-state index contributed by atoms with van der Waals surface area (Å²) in [7, 11) is 1.92. The van der Waals surface area contributed by atoms with Crippen molar-refractivity contribution in [3.63, 3.8) is 0 Å². The first-order valence-electron chi connectivity index (χ1n) is 6.52. The van der Waals surface area contributed by atoms with Crippen LogP contribution in [0.4, 0.5) is 11.4 Å². The second-order valence-electron chi connectivity index (χ2n) is 4.53. The highest BCUT2D eigenvalue weighted by molar-refractivity contribution is 9.10. The number of nitrogens with two attached hydrogens (primary N) is 1. The largest absolute Gasteiger partial charge is 0.369 e. The number of guanidine groups is 1. The minimum absolute atomic E-state index is 0. The molecule has 5 heteroatoms. The maximum absolute atomic E-state index is 6.08. The van der Waals surface area contributed by atoms with Gasteiger partial charge in [-0.15, -0.1) is 12.4 Å². The highest BCUT2D eigenvalue weighted by Crippen LogP contribution is 2.20. The molecule has 0 spiro atoms. The Kier molecular flexibility index (Phi) is 6.72. The Morgan fingerprint density at radius 2 is 1.90 bits per heavy atom. The van der Waals surface area contributed by atoms with Crippen LogP contribution in [0, 0.1) is 0 Å². The van der Waals surface area contributed by atoms with Crippen molar-refractivity contribution < 1.29 is 0 Å². The Labute approximate surface area is 140 Å². The molecule has 2 aromatic carbocycles. The van der Waals surface area contributed by atoms with Gasteiger partial charge in [0.15, 0.2) is 0 Å². The van der Waals surface area contributed by atoms with Gasteiger partial charge in [0.1, 0.15) is 0 Å². The third-order valence-electron chi connectivity index (χ3n) is 3.10. The van der Waals surface area contributed by atoms with Gasteiger partial charge in [0.25, 0.3) is 0 Å². The molecular formula is C16H19BrClN3. The second-order valence-corrected chi connectivity index (χ2v) is 5.45. The maximum atomic E-state index is 6.08. The molecule has 0 bridgehead atoms. The SMILES string of the molecule is CCc1cccc(N(C)C(N)=Nc2cccc(Br)c2)c1.Cl. The van der Waals surface area contributed by atoms with Gasteiger partial charge in [-0.3, -0.25) is 0 Å². The molecule has 0 saturated carbocycles. The average molecular weight is 369 g/mol. The summed E-state index contributed by atoms with van der Waals surface area (Å²) in [6.45, 7) is 2.14. The summed E-state index contributed by atoms with van der Waals surface area (Å²) in [5, 5.41) is 0. The number of aryl methyl sites for hydroxylation is 1. The molecule has 3 nitrogen and oxygen atoms in total. The number of rotatable bonds is 3. The summed E-state index contributed by atoms with van der Waals surface area (Å²) in [5.41, 5.74) is 9.24. The zero-order chi connectivity index (χ0) is 14.5. The highest BCUT2D eigenvalue weighted by atomic mass is 79.9. The van der Waals surface area contributed by atoms with Crippen LogP contribution in [0.5, 0.6) is 0 Å². The molecule has 0 fully saturated rings. The smallest absolute Gasteiger partial charge is 0.200 e. The quantitative estimate of drug-likeness (QED) is 0.639. The van der Waals surface area contributed by atoms with Gasteiger partial charge in [-0.2, -0.15) is 0 Å². The van der Waals surface area contributed by atoms with Crippen LogP contribution in [0.25, 0.3) is 0 Å². The molecule has 0 aliphatic rings. The van der Waals surface area contributed by atoms with E-state index >= 15 is 0 Å². The van der Waals surface area contributed by atoms with Gasteiger partial charge in [0, 0.05) is 17.2 Å². The van der Waals surface area contributed by atoms with E-state index in [1.807, 2.05) is 48.3 Å². The summed E-state index contributed by atoms with van der Waals surface area (Å²) in [4.78, 5) is 6.33. The van der Waals surface area contributed by atoms with Crippen LogP contribution >= 0.6 is 28.3 Å². The molecule has 0 unspecified atom stereocenters. The van der Waals surface area contributed by atoms with E-state index in [4.69, 9.17) is 5.73 Å². The number of benzene rings is 2. The van der Waals surface area contributed by atoms with E-state index in [0.29, 0.717) is 5.96 Å². The number of hydrogen-bond acceptors (Lipinski definition) is 1. The van der Waals surface area contributed by atoms with Crippen LogP contribution in [0.15, 0.2) is 58.0 Å². The van der Waals surface area contributed by atoms with E-state index in [1.54, 1.807) is 0 Å². The number of aliphatic imine (C=N–C) groups is 1. The topological polar surface area (TPSA) is 41.6 Å². The third-order valence-corrected chi connectivity index (χ3v) is 3.59. The molecule has 0 radical (unpaired) electrons. The minimum atomic E-state index is 0. The van der Waals surface area contributed by atoms with Crippen LogP contribution in [0.2, 0.25) is 0 Å². The van der Waals surface area contributed by atoms with Crippen LogP contribution in [0.1, 0.15) is 12.5 Å². The van der Waals surface area contributed by atoms with Crippen LogP contribution in [0.3, 0.4) is 0 Å². The number of anilines is 1. The van der Waals surface area contributed by atoms with Crippen molar-refractivity contribution in [1.29, 1.82) is 0 Å². The summed E-state index contributed by atoms with van der Waals surface area (Å²) >= 11 is 3.43. The van der Waals surface area contributed by atoms with E-state index in [2.05, 4.69) is 40.0 Å². The van der Waals surface area contributed by atoms with E-state index in [9.17, 15) is 0 Å². The highest BCUT2D eigenvalue weighted by Gasteiger charge is 2.06. The average Bonchev–Trinajstić information content (AvgIpc) is 2.46. The molecule has 0 aromatic heterocycles. The van der Waals surface area contributed by atoms with Crippen molar-refractivity contribution in [1.82, 2.24) is 0 Å². The van der Waals surface area contributed by atoms with Crippen LogP contribution < -0.4 is 10.6 Å². The summed E-state index contributed by atoms with van der Waals surface area (Å²) in [5.74, 6) is 0.469. The summed E-state index contributed by atoms with van der Waals surface area (Å²) < 4.78 is 0.988. The minimum Gasteiger partial charge on any atom is -0.369 e. The second kappa shape index (κ2) is 8.05. The van der Waals surface area contributed by atoms with Gasteiger partial charge >= 0.3 is 0 Å². The van der Waals surface area contributed by atoms with E-state index < -0.39 is 0 Å². The lowest BCUT2D eigenvalue weighted by molar-refractivity contribution is 1.13. The molecule has 2 N–H and O–H groups in total. The molecule has 0 saturated heterocycles. The van der Waals surface area contributed by atoms with Crippen LogP contribution in [-0.4, -0.2) is 13.0 Å². The fraction of sp³-hybridized carbons (Fsp3) is 0.188. The fourth-order valence-corrected chi connectivity index (χ4v) is 2.26. The van der Waals surface area contributed by atoms with Gasteiger partial charge < -0.3 is 10.6 Å². The first kappa shape index (κ1) is 17.5. The van der Waals surface area contributed by atoms with Gasteiger partial charge in [-0.05, 0) is 42.3 Å². The number of halogens is 2. The van der Waals surface area contributed by atoms with Crippen molar-refractivity contribution >= 4 is 45.7 Å². The van der Waals surface area contributed by atoms with Gasteiger partial charge in [-0.25, -0.2) is 4.99 Å². The monoisotopic (exact) mass is 367 g/mol. The van der Waals surface area contributed by atoms with E-state index in [0.717, 1.165) is 22.3 Å². The first-order valence-corrected chi connectivity index (χ1v) is 7.32. The van der Waals surface area contributed by atoms with Crippen molar-refractivity contribution in [2.75, 3.05) is 11.9 Å². The lowest BCUT2D eigenvalue weighted by atomic mass is 10.1. The van der Waals surface area contributed by atoms with Crippen LogP contribution in [-0.2, 0) is 6.42 Å². The van der Waals surface area contributed by atoms with Gasteiger partial charge in [-0.1, -0.05) is 41.1 Å². The molecule has 0 amide bonds.